The summed E-state index contributed by atoms with van der Waals surface area (Å²) < 4.78 is 0. The van der Waals surface area contributed by atoms with Crippen molar-refractivity contribution in [2.45, 2.75) is 23.6 Å². The van der Waals surface area contributed by atoms with Crippen molar-refractivity contribution >= 4 is 30.0 Å². The van der Waals surface area contributed by atoms with Crippen molar-refractivity contribution in [1.29, 1.82) is 5.26 Å². The van der Waals surface area contributed by atoms with Crippen molar-refractivity contribution in [2.24, 2.45) is 0 Å². The number of nitrogens with zero attached hydrogens (tertiary/aromatic N) is 1. The maximum absolute atomic E-state index is 11.2. The van der Waals surface area contributed by atoms with Crippen molar-refractivity contribution < 1.29 is 4.79 Å². The predicted molar refractivity (Wildman–Crippen MR) is 62.3 cm³/mol. The molecule has 1 atom stereocenters. The summed E-state index contributed by atoms with van der Waals surface area (Å²) in [5, 5.41) is 7.97. The molecule has 0 spiro atoms. The van der Waals surface area contributed by atoms with Gasteiger partial charge in [0, 0.05) is 4.90 Å². The van der Waals surface area contributed by atoms with Crippen molar-refractivity contribution in [3.63, 3.8) is 0 Å². The summed E-state index contributed by atoms with van der Waals surface area (Å²) in [6.07, 6.45) is 0.236. The highest BCUT2D eigenvalue weighted by molar-refractivity contribution is 7.80. The molecule has 15 heavy (non-hydrogen) atoms. The lowest BCUT2D eigenvalue weighted by Gasteiger charge is -2.11. The second-order valence-electron chi connectivity index (χ2n) is 3.19. The topological polar surface area (TPSA) is 40.9 Å². The van der Waals surface area contributed by atoms with Crippen LogP contribution in [0.4, 0.5) is 0 Å². The molecule has 1 rings (SSSR count). The molecule has 0 aromatic heterocycles. The Morgan fingerprint density at radius 2 is 2.33 bits per heavy atom. The number of alkyl halides is 1. The highest BCUT2D eigenvalue weighted by Gasteiger charge is 2.16. The third kappa shape index (κ3) is 2.98. The average molecular weight is 240 g/mol. The first-order valence-corrected chi connectivity index (χ1v) is 5.28. The SMILES string of the molecule is CC(=O)C(Cl)c1ccc(S)cc1CC#N. The monoisotopic (exact) mass is 239 g/mol. The minimum Gasteiger partial charge on any atom is -0.298 e. The van der Waals surface area contributed by atoms with Gasteiger partial charge in [0.1, 0.15) is 5.38 Å². The summed E-state index contributed by atoms with van der Waals surface area (Å²) in [5.74, 6) is -0.122. The molecule has 0 aliphatic rings. The molecule has 0 amide bonds. The third-order valence-corrected chi connectivity index (χ3v) is 2.85. The Balaban J connectivity index is 3.17. The number of carbonyl (C=O) groups is 1. The zero-order valence-electron chi connectivity index (χ0n) is 8.20. The minimum absolute atomic E-state index is 0.122. The van der Waals surface area contributed by atoms with E-state index < -0.39 is 5.38 Å². The van der Waals surface area contributed by atoms with Gasteiger partial charge in [-0.25, -0.2) is 0 Å². The molecule has 4 heteroatoms. The minimum atomic E-state index is -0.678. The highest BCUT2D eigenvalue weighted by atomic mass is 35.5. The Morgan fingerprint density at radius 1 is 1.67 bits per heavy atom. The van der Waals surface area contributed by atoms with Gasteiger partial charge in [0.2, 0.25) is 0 Å². The molecule has 0 radical (unpaired) electrons. The van der Waals surface area contributed by atoms with Crippen LogP contribution in [0.3, 0.4) is 0 Å². The Morgan fingerprint density at radius 3 is 2.87 bits per heavy atom. The van der Waals surface area contributed by atoms with Crippen LogP contribution in [0, 0.1) is 11.3 Å². The van der Waals surface area contributed by atoms with Gasteiger partial charge >= 0.3 is 0 Å². The van der Waals surface area contributed by atoms with Gasteiger partial charge in [-0.3, -0.25) is 4.79 Å². The summed E-state index contributed by atoms with van der Waals surface area (Å²) in [6, 6.07) is 7.31. The van der Waals surface area contributed by atoms with Crippen LogP contribution in [0.2, 0.25) is 0 Å². The van der Waals surface area contributed by atoms with Gasteiger partial charge in [-0.05, 0) is 30.2 Å². The quantitative estimate of drug-likeness (QED) is 0.651. The Bertz CT molecular complexity index is 425. The van der Waals surface area contributed by atoms with E-state index in [1.54, 1.807) is 18.2 Å². The summed E-state index contributed by atoms with van der Waals surface area (Å²) >= 11 is 10.1. The van der Waals surface area contributed by atoms with E-state index >= 15 is 0 Å². The van der Waals surface area contributed by atoms with Crippen LogP contribution in [0.1, 0.15) is 23.4 Å². The molecule has 2 nitrogen and oxygen atoms in total. The molecule has 0 heterocycles. The first kappa shape index (κ1) is 12.1. The number of rotatable bonds is 3. The molecule has 1 aromatic carbocycles. The highest BCUT2D eigenvalue weighted by Crippen LogP contribution is 2.27. The number of Topliss-reactive ketones (excluding diaryl/α,β-unsaturated/α-hetero) is 1. The van der Waals surface area contributed by atoms with Crippen LogP contribution < -0.4 is 0 Å². The van der Waals surface area contributed by atoms with E-state index in [1.807, 2.05) is 6.07 Å². The van der Waals surface area contributed by atoms with Crippen LogP contribution in [0.5, 0.6) is 0 Å². The zero-order valence-corrected chi connectivity index (χ0v) is 9.85. The van der Waals surface area contributed by atoms with Gasteiger partial charge in [-0.2, -0.15) is 5.26 Å². The van der Waals surface area contributed by atoms with E-state index in [2.05, 4.69) is 12.6 Å². The molecule has 1 unspecified atom stereocenters. The molecular formula is C11H10ClNOS. The van der Waals surface area contributed by atoms with Gasteiger partial charge in [0.15, 0.2) is 5.78 Å². The fourth-order valence-electron chi connectivity index (χ4n) is 1.30. The van der Waals surface area contributed by atoms with Gasteiger partial charge in [-0.1, -0.05) is 6.07 Å². The summed E-state index contributed by atoms with van der Waals surface area (Å²) in [6.45, 7) is 1.43. The molecule has 0 bridgehead atoms. The van der Waals surface area contributed by atoms with Gasteiger partial charge in [-0.15, -0.1) is 24.2 Å². The van der Waals surface area contributed by atoms with E-state index in [4.69, 9.17) is 16.9 Å². The fraction of sp³-hybridized carbons (Fsp3) is 0.273. The van der Waals surface area contributed by atoms with Crippen LogP contribution in [0.25, 0.3) is 0 Å². The van der Waals surface area contributed by atoms with Crippen molar-refractivity contribution in [3.8, 4) is 6.07 Å². The molecule has 0 aliphatic carbocycles. The molecular weight excluding hydrogens is 230 g/mol. The second kappa shape index (κ2) is 5.20. The lowest BCUT2D eigenvalue weighted by Crippen LogP contribution is -2.05. The van der Waals surface area contributed by atoms with Crippen LogP contribution in [0.15, 0.2) is 23.1 Å². The summed E-state index contributed by atoms with van der Waals surface area (Å²) in [4.78, 5) is 11.9. The second-order valence-corrected chi connectivity index (χ2v) is 4.14. The lowest BCUT2D eigenvalue weighted by atomic mass is 10.0. The fourth-order valence-corrected chi connectivity index (χ4v) is 1.74. The largest absolute Gasteiger partial charge is 0.298 e. The number of hydrogen-bond acceptors (Lipinski definition) is 3. The van der Waals surface area contributed by atoms with Crippen LogP contribution >= 0.6 is 24.2 Å². The van der Waals surface area contributed by atoms with Crippen LogP contribution in [-0.4, -0.2) is 5.78 Å². The van der Waals surface area contributed by atoms with E-state index in [0.717, 1.165) is 10.5 Å². The van der Waals surface area contributed by atoms with Crippen molar-refractivity contribution in [1.82, 2.24) is 0 Å². The molecule has 0 N–H and O–H groups in total. The van der Waals surface area contributed by atoms with E-state index in [9.17, 15) is 4.79 Å². The van der Waals surface area contributed by atoms with Gasteiger partial charge in [0.05, 0.1) is 12.5 Å². The third-order valence-electron chi connectivity index (χ3n) is 2.03. The number of ketones is 1. The van der Waals surface area contributed by atoms with Gasteiger partial charge < -0.3 is 0 Å². The summed E-state index contributed by atoms with van der Waals surface area (Å²) in [7, 11) is 0. The predicted octanol–water partition coefficient (Wildman–Crippen LogP) is 2.91. The smallest absolute Gasteiger partial charge is 0.152 e. The first-order chi connectivity index (χ1) is 7.06. The zero-order chi connectivity index (χ0) is 11.4. The molecule has 0 saturated carbocycles. The summed E-state index contributed by atoms with van der Waals surface area (Å²) in [5.41, 5.74) is 1.46. The number of thiol groups is 1. The standard InChI is InChI=1S/C11H10ClNOS/c1-7(14)11(12)10-3-2-9(15)6-8(10)4-5-13/h2-3,6,11,15H,4H2,1H3. The maximum atomic E-state index is 11.2. The number of benzene rings is 1. The Kier molecular flexibility index (Phi) is 4.19. The maximum Gasteiger partial charge on any atom is 0.152 e. The average Bonchev–Trinajstić information content (AvgIpc) is 2.17. The first-order valence-electron chi connectivity index (χ1n) is 4.39. The number of halogens is 1. The van der Waals surface area contributed by atoms with Crippen molar-refractivity contribution in [3.05, 3.63) is 29.3 Å². The van der Waals surface area contributed by atoms with Crippen molar-refractivity contribution in [2.75, 3.05) is 0 Å². The van der Waals surface area contributed by atoms with E-state index in [-0.39, 0.29) is 12.2 Å². The number of carbonyl (C=O) groups excluding carboxylic acids is 1. The van der Waals surface area contributed by atoms with Gasteiger partial charge in [0.25, 0.3) is 0 Å². The van der Waals surface area contributed by atoms with Crippen LogP contribution in [-0.2, 0) is 11.2 Å². The number of hydrogen-bond donors (Lipinski definition) is 1. The van der Waals surface area contributed by atoms with E-state index in [0.29, 0.717) is 5.56 Å². The van der Waals surface area contributed by atoms with E-state index in [1.165, 1.54) is 6.92 Å². The molecule has 1 aromatic rings. The molecule has 0 fully saturated rings. The number of nitriles is 1. The normalized spacial score (nSPS) is 11.9. The molecule has 0 aliphatic heterocycles. The molecule has 78 valence electrons. The Labute approximate surface area is 99.3 Å². The molecule has 0 saturated heterocycles. The Hall–Kier alpha value is -0.980. The lowest BCUT2D eigenvalue weighted by molar-refractivity contribution is -0.116.